The van der Waals surface area contributed by atoms with Crippen LogP contribution in [-0.4, -0.2) is 53.6 Å². The zero-order valence-corrected chi connectivity index (χ0v) is 15.4. The van der Waals surface area contributed by atoms with Crippen molar-refractivity contribution in [1.82, 2.24) is 9.80 Å². The van der Waals surface area contributed by atoms with Gasteiger partial charge in [0.05, 0.1) is 0 Å². The van der Waals surface area contributed by atoms with Gasteiger partial charge in [0.25, 0.3) is 5.91 Å². The van der Waals surface area contributed by atoms with Crippen LogP contribution >= 0.6 is 0 Å². The molecular weight excluding hydrogens is 312 g/mol. The van der Waals surface area contributed by atoms with Gasteiger partial charge in [0.2, 0.25) is 0 Å². The van der Waals surface area contributed by atoms with E-state index in [9.17, 15) is 9.90 Å². The fourth-order valence-corrected chi connectivity index (χ4v) is 4.82. The average Bonchev–Trinajstić information content (AvgIpc) is 2.99. The lowest BCUT2D eigenvalue weighted by Gasteiger charge is -2.31. The second-order valence-electron chi connectivity index (χ2n) is 8.84. The number of likely N-dealkylation sites (tertiary alicyclic amines) is 2. The summed E-state index contributed by atoms with van der Waals surface area (Å²) < 4.78 is 0. The van der Waals surface area contributed by atoms with Crippen LogP contribution in [0.15, 0.2) is 24.3 Å². The molecule has 3 fully saturated rings. The molecule has 0 bridgehead atoms. The molecule has 1 aromatic carbocycles. The summed E-state index contributed by atoms with van der Waals surface area (Å²) in [5, 5.41) is 9.23. The first kappa shape index (κ1) is 17.0. The minimum Gasteiger partial charge on any atom is -0.396 e. The number of piperidine rings is 2. The summed E-state index contributed by atoms with van der Waals surface area (Å²) in [5.74, 6) is 2.08. The molecule has 0 spiro atoms. The molecule has 136 valence electrons. The Morgan fingerprint density at radius 2 is 1.72 bits per heavy atom. The maximum Gasteiger partial charge on any atom is 0.253 e. The van der Waals surface area contributed by atoms with Crippen molar-refractivity contribution in [2.24, 2.45) is 23.2 Å². The van der Waals surface area contributed by atoms with Crippen molar-refractivity contribution in [3.63, 3.8) is 0 Å². The number of nitrogens with zero attached hydrogens (tertiary/aromatic N) is 2. The molecule has 1 N–H and O–H groups in total. The van der Waals surface area contributed by atoms with Gasteiger partial charge in [-0.05, 0) is 66.8 Å². The number of fused-ring (bicyclic) bond motifs is 1. The summed E-state index contributed by atoms with van der Waals surface area (Å²) in [6.07, 6.45) is 2.17. The standard InChI is InChI=1S/C21H30N2O2/c1-21(2)18-12-23(13-19(18)21)20(25)17-5-3-15(4-6-17)11-22-9-7-16(14-24)8-10-22/h3-6,16,18-19,24H,7-14H2,1-2H3. The van der Waals surface area contributed by atoms with E-state index in [4.69, 9.17) is 0 Å². The normalized spacial score (nSPS) is 28.8. The highest BCUT2D eigenvalue weighted by molar-refractivity contribution is 5.94. The van der Waals surface area contributed by atoms with E-state index in [0.717, 1.165) is 51.1 Å². The molecule has 1 aliphatic carbocycles. The summed E-state index contributed by atoms with van der Waals surface area (Å²) in [6.45, 7) is 9.87. The molecule has 4 nitrogen and oxygen atoms in total. The van der Waals surface area contributed by atoms with Crippen molar-refractivity contribution in [2.45, 2.75) is 33.2 Å². The molecule has 0 radical (unpaired) electrons. The van der Waals surface area contributed by atoms with E-state index in [1.54, 1.807) is 0 Å². The number of benzene rings is 1. The molecule has 2 saturated heterocycles. The number of carbonyl (C=O) groups excluding carboxylic acids is 1. The molecule has 0 aromatic heterocycles. The fourth-order valence-electron chi connectivity index (χ4n) is 4.82. The number of hydrogen-bond donors (Lipinski definition) is 1. The van der Waals surface area contributed by atoms with Crippen molar-refractivity contribution in [3.8, 4) is 0 Å². The van der Waals surface area contributed by atoms with Crippen LogP contribution < -0.4 is 0 Å². The molecule has 3 aliphatic rings. The van der Waals surface area contributed by atoms with Crippen LogP contribution in [0.4, 0.5) is 0 Å². The number of carbonyl (C=O) groups is 1. The summed E-state index contributed by atoms with van der Waals surface area (Å²) in [6, 6.07) is 8.19. The lowest BCUT2D eigenvalue weighted by molar-refractivity contribution is 0.0758. The van der Waals surface area contributed by atoms with Gasteiger partial charge in [-0.1, -0.05) is 26.0 Å². The maximum atomic E-state index is 12.7. The summed E-state index contributed by atoms with van der Waals surface area (Å²) in [4.78, 5) is 17.2. The van der Waals surface area contributed by atoms with Crippen molar-refractivity contribution < 1.29 is 9.90 Å². The van der Waals surface area contributed by atoms with Gasteiger partial charge in [-0.25, -0.2) is 0 Å². The molecule has 4 heteroatoms. The first-order valence-electron chi connectivity index (χ1n) is 9.70. The van der Waals surface area contributed by atoms with E-state index in [1.807, 2.05) is 17.0 Å². The van der Waals surface area contributed by atoms with E-state index >= 15 is 0 Å². The first-order valence-corrected chi connectivity index (χ1v) is 9.70. The molecule has 2 aliphatic heterocycles. The number of aliphatic hydroxyl groups is 1. The lowest BCUT2D eigenvalue weighted by atomic mass is 9.97. The molecule has 1 amide bonds. The molecular formula is C21H30N2O2. The van der Waals surface area contributed by atoms with Crippen LogP contribution in [0, 0.1) is 23.2 Å². The highest BCUT2D eigenvalue weighted by atomic mass is 16.3. The minimum atomic E-state index is 0.193. The molecule has 1 saturated carbocycles. The second kappa shape index (κ2) is 6.40. The van der Waals surface area contributed by atoms with E-state index in [0.29, 0.717) is 29.8 Å². The van der Waals surface area contributed by atoms with E-state index in [1.165, 1.54) is 5.56 Å². The van der Waals surface area contributed by atoms with Crippen LogP contribution in [0.2, 0.25) is 0 Å². The van der Waals surface area contributed by atoms with Crippen LogP contribution in [0.3, 0.4) is 0 Å². The third kappa shape index (κ3) is 3.22. The molecule has 4 rings (SSSR count). The van der Waals surface area contributed by atoms with Gasteiger partial charge < -0.3 is 10.0 Å². The predicted molar refractivity (Wildman–Crippen MR) is 98.2 cm³/mol. The third-order valence-corrected chi connectivity index (χ3v) is 6.98. The van der Waals surface area contributed by atoms with Gasteiger partial charge in [0.15, 0.2) is 0 Å². The Morgan fingerprint density at radius 3 is 2.28 bits per heavy atom. The Hall–Kier alpha value is -1.39. The van der Waals surface area contributed by atoms with Crippen LogP contribution in [0.25, 0.3) is 0 Å². The minimum absolute atomic E-state index is 0.193. The topological polar surface area (TPSA) is 43.8 Å². The number of aliphatic hydroxyl groups excluding tert-OH is 1. The lowest BCUT2D eigenvalue weighted by Crippen LogP contribution is -2.34. The Labute approximate surface area is 150 Å². The molecule has 25 heavy (non-hydrogen) atoms. The van der Waals surface area contributed by atoms with Crippen molar-refractivity contribution in [2.75, 3.05) is 32.8 Å². The first-order chi connectivity index (χ1) is 12.0. The van der Waals surface area contributed by atoms with Gasteiger partial charge in [-0.2, -0.15) is 0 Å². The van der Waals surface area contributed by atoms with E-state index in [2.05, 4.69) is 30.9 Å². The summed E-state index contributed by atoms with van der Waals surface area (Å²) in [5.41, 5.74) is 2.54. The quantitative estimate of drug-likeness (QED) is 0.915. The molecule has 2 atom stereocenters. The molecule has 2 unspecified atom stereocenters. The van der Waals surface area contributed by atoms with Crippen molar-refractivity contribution in [1.29, 1.82) is 0 Å². The Morgan fingerprint density at radius 1 is 1.12 bits per heavy atom. The highest BCUT2D eigenvalue weighted by Crippen LogP contribution is 2.62. The second-order valence-corrected chi connectivity index (χ2v) is 8.84. The maximum absolute atomic E-state index is 12.7. The van der Waals surface area contributed by atoms with Crippen molar-refractivity contribution in [3.05, 3.63) is 35.4 Å². The van der Waals surface area contributed by atoms with Gasteiger partial charge in [0.1, 0.15) is 0 Å². The monoisotopic (exact) mass is 342 g/mol. The third-order valence-electron chi connectivity index (χ3n) is 6.98. The summed E-state index contributed by atoms with van der Waals surface area (Å²) in [7, 11) is 0. The van der Waals surface area contributed by atoms with Crippen LogP contribution in [-0.2, 0) is 6.54 Å². The van der Waals surface area contributed by atoms with Crippen LogP contribution in [0.5, 0.6) is 0 Å². The number of rotatable bonds is 4. The van der Waals surface area contributed by atoms with E-state index < -0.39 is 0 Å². The Balaban J connectivity index is 1.31. The predicted octanol–water partition coefficient (Wildman–Crippen LogP) is 2.62. The van der Waals surface area contributed by atoms with Gasteiger partial charge >= 0.3 is 0 Å². The van der Waals surface area contributed by atoms with E-state index in [-0.39, 0.29) is 5.91 Å². The van der Waals surface area contributed by atoms with Gasteiger partial charge in [-0.3, -0.25) is 9.69 Å². The van der Waals surface area contributed by atoms with Crippen LogP contribution in [0.1, 0.15) is 42.6 Å². The average molecular weight is 342 g/mol. The Bertz CT molecular complexity index is 618. The largest absolute Gasteiger partial charge is 0.396 e. The van der Waals surface area contributed by atoms with Gasteiger partial charge in [-0.15, -0.1) is 0 Å². The molecule has 2 heterocycles. The number of hydrogen-bond acceptors (Lipinski definition) is 3. The smallest absolute Gasteiger partial charge is 0.253 e. The highest BCUT2D eigenvalue weighted by Gasteiger charge is 2.62. The fraction of sp³-hybridized carbons (Fsp3) is 0.667. The zero-order valence-electron chi connectivity index (χ0n) is 15.4. The zero-order chi connectivity index (χ0) is 17.6. The van der Waals surface area contributed by atoms with Gasteiger partial charge in [0, 0.05) is 31.8 Å². The SMILES string of the molecule is CC1(C)C2CN(C(=O)c3ccc(CN4CCC(CO)CC4)cc3)CC21. The summed E-state index contributed by atoms with van der Waals surface area (Å²) >= 11 is 0. The number of amides is 1. The van der Waals surface area contributed by atoms with Crippen molar-refractivity contribution >= 4 is 5.91 Å². The Kier molecular flexibility index (Phi) is 4.37. The molecule has 1 aromatic rings.